The van der Waals surface area contributed by atoms with E-state index < -0.39 is 0 Å². The molecule has 1 aliphatic carbocycles. The second-order valence-electron chi connectivity index (χ2n) is 8.74. The predicted octanol–water partition coefficient (Wildman–Crippen LogP) is 5.87. The zero-order chi connectivity index (χ0) is 20.8. The molecule has 1 aliphatic heterocycles. The van der Waals surface area contributed by atoms with E-state index in [1.165, 1.54) is 38.9 Å². The summed E-state index contributed by atoms with van der Waals surface area (Å²) in [6, 6.07) is 6.78. The molecular formula is C26H32N2O. The monoisotopic (exact) mass is 388 g/mol. The third kappa shape index (κ3) is 2.95. The van der Waals surface area contributed by atoms with Crippen LogP contribution in [0.25, 0.3) is 16.6 Å². The summed E-state index contributed by atoms with van der Waals surface area (Å²) in [7, 11) is 1.78. The highest BCUT2D eigenvalue weighted by Crippen LogP contribution is 2.52. The summed E-state index contributed by atoms with van der Waals surface area (Å²) in [5, 5.41) is 5.06. The smallest absolute Gasteiger partial charge is 0.0749 e. The molecule has 0 bridgehead atoms. The average Bonchev–Trinajstić information content (AvgIpc) is 2.72. The molecule has 29 heavy (non-hydrogen) atoms. The Balaban J connectivity index is 2.12. The van der Waals surface area contributed by atoms with Crippen LogP contribution in [0, 0.1) is 0 Å². The average molecular weight is 389 g/mol. The molecule has 2 unspecified atom stereocenters. The zero-order valence-electron chi connectivity index (χ0n) is 18.3. The first-order valence-electron chi connectivity index (χ1n) is 10.7. The number of allylic oxidation sites excluding steroid dienone is 3. The Morgan fingerprint density at radius 2 is 2.14 bits per heavy atom. The summed E-state index contributed by atoms with van der Waals surface area (Å²) >= 11 is 0. The minimum absolute atomic E-state index is 0.101. The molecule has 2 atom stereocenters. The summed E-state index contributed by atoms with van der Waals surface area (Å²) in [6.07, 6.45) is 8.34. The minimum Gasteiger partial charge on any atom is -0.385 e. The van der Waals surface area contributed by atoms with Crippen molar-refractivity contribution in [1.82, 2.24) is 10.3 Å². The van der Waals surface area contributed by atoms with E-state index in [1.54, 1.807) is 7.11 Å². The van der Waals surface area contributed by atoms with Crippen LogP contribution >= 0.6 is 0 Å². The number of benzene rings is 1. The second-order valence-corrected chi connectivity index (χ2v) is 8.74. The van der Waals surface area contributed by atoms with Gasteiger partial charge >= 0.3 is 0 Å². The normalized spacial score (nSPS) is 23.8. The van der Waals surface area contributed by atoms with Gasteiger partial charge in [-0.2, -0.15) is 0 Å². The number of rotatable bonds is 5. The van der Waals surface area contributed by atoms with Gasteiger partial charge in [-0.05, 0) is 54.2 Å². The van der Waals surface area contributed by atoms with E-state index in [4.69, 9.17) is 9.72 Å². The van der Waals surface area contributed by atoms with Gasteiger partial charge < -0.3 is 10.1 Å². The molecule has 1 aromatic heterocycles. The lowest BCUT2D eigenvalue weighted by Crippen LogP contribution is -2.42. The van der Waals surface area contributed by atoms with Crippen molar-refractivity contribution in [2.75, 3.05) is 13.7 Å². The molecule has 0 spiro atoms. The van der Waals surface area contributed by atoms with E-state index >= 15 is 0 Å². The number of fused-ring (bicyclic) bond motifs is 2. The van der Waals surface area contributed by atoms with Gasteiger partial charge in [0.05, 0.1) is 11.6 Å². The molecule has 2 aliphatic rings. The van der Waals surface area contributed by atoms with E-state index in [9.17, 15) is 0 Å². The van der Waals surface area contributed by atoms with Crippen LogP contribution in [-0.2, 0) is 10.2 Å². The highest BCUT2D eigenvalue weighted by molar-refractivity contribution is 5.95. The fraction of sp³-hybridized carbons (Fsp3) is 0.423. The Kier molecular flexibility index (Phi) is 5.12. The molecule has 0 fully saturated rings. The van der Waals surface area contributed by atoms with Crippen LogP contribution in [0.15, 0.2) is 54.3 Å². The van der Waals surface area contributed by atoms with E-state index in [1.807, 2.05) is 12.3 Å². The highest BCUT2D eigenvalue weighted by Gasteiger charge is 2.43. The maximum absolute atomic E-state index is 5.45. The van der Waals surface area contributed by atoms with Crippen LogP contribution in [0.2, 0.25) is 0 Å². The van der Waals surface area contributed by atoms with Crippen molar-refractivity contribution < 1.29 is 4.74 Å². The summed E-state index contributed by atoms with van der Waals surface area (Å²) < 4.78 is 5.45. The van der Waals surface area contributed by atoms with Crippen molar-refractivity contribution in [3.63, 3.8) is 0 Å². The number of aromatic nitrogens is 1. The van der Waals surface area contributed by atoms with E-state index in [0.29, 0.717) is 5.92 Å². The molecule has 3 heteroatoms. The van der Waals surface area contributed by atoms with Crippen LogP contribution in [0.3, 0.4) is 0 Å². The van der Waals surface area contributed by atoms with Crippen molar-refractivity contribution in [1.29, 1.82) is 0 Å². The van der Waals surface area contributed by atoms with E-state index in [-0.39, 0.29) is 11.5 Å². The van der Waals surface area contributed by atoms with Gasteiger partial charge in [0.1, 0.15) is 0 Å². The molecule has 2 heterocycles. The van der Waals surface area contributed by atoms with Gasteiger partial charge in [0.15, 0.2) is 0 Å². The summed E-state index contributed by atoms with van der Waals surface area (Å²) in [5.41, 5.74) is 9.12. The Labute approximate surface area is 174 Å². The predicted molar refractivity (Wildman–Crippen MR) is 122 cm³/mol. The second kappa shape index (κ2) is 7.46. The fourth-order valence-electron chi connectivity index (χ4n) is 5.40. The number of nitrogens with zero attached hydrogens (tertiary/aromatic N) is 1. The molecule has 0 amide bonds. The molecule has 0 saturated heterocycles. The summed E-state index contributed by atoms with van der Waals surface area (Å²) in [4.78, 5) is 4.85. The number of methoxy groups -OCH3 is 1. The third-order valence-electron chi connectivity index (χ3n) is 6.69. The Morgan fingerprint density at radius 1 is 1.34 bits per heavy atom. The molecule has 2 aromatic rings. The van der Waals surface area contributed by atoms with Crippen molar-refractivity contribution in [3.8, 4) is 0 Å². The largest absolute Gasteiger partial charge is 0.385 e. The Morgan fingerprint density at radius 3 is 2.83 bits per heavy atom. The number of hydrogen-bond donors (Lipinski definition) is 1. The maximum Gasteiger partial charge on any atom is 0.0749 e. The fourth-order valence-corrected chi connectivity index (χ4v) is 5.40. The van der Waals surface area contributed by atoms with Crippen LogP contribution < -0.4 is 5.32 Å². The molecule has 4 rings (SSSR count). The van der Waals surface area contributed by atoms with Gasteiger partial charge in [0.2, 0.25) is 0 Å². The standard InChI is InChI=1S/C26H32N2O/c1-7-10-20-16(3)24-22-19(18(12-14-29-6)21(8-2)28-24)15-17-11-9-13-27-25(17)23(22)26(20,4)5/h8-11,13,15,18,21,28H,2,7,12,14H2,1,3-6H3/b20-10+. The molecule has 3 nitrogen and oxygen atoms in total. The van der Waals surface area contributed by atoms with E-state index in [2.05, 4.69) is 63.9 Å². The molecular weight excluding hydrogens is 356 g/mol. The molecule has 1 aromatic carbocycles. The van der Waals surface area contributed by atoms with E-state index in [0.717, 1.165) is 25.0 Å². The first kappa shape index (κ1) is 19.9. The third-order valence-corrected chi connectivity index (χ3v) is 6.69. The number of ether oxygens (including phenoxy) is 1. The molecule has 0 radical (unpaired) electrons. The topological polar surface area (TPSA) is 34.2 Å². The molecule has 152 valence electrons. The van der Waals surface area contributed by atoms with Gasteiger partial charge in [-0.25, -0.2) is 0 Å². The van der Waals surface area contributed by atoms with Crippen molar-refractivity contribution in [3.05, 3.63) is 71.0 Å². The molecule has 0 saturated carbocycles. The van der Waals surface area contributed by atoms with Gasteiger partial charge in [-0.15, -0.1) is 6.58 Å². The highest BCUT2D eigenvalue weighted by atomic mass is 16.5. The lowest BCUT2D eigenvalue weighted by Gasteiger charge is -2.45. The minimum atomic E-state index is -0.101. The summed E-state index contributed by atoms with van der Waals surface area (Å²) in [6.45, 7) is 14.1. The number of nitrogens with one attached hydrogen (secondary N) is 1. The maximum atomic E-state index is 5.45. The summed E-state index contributed by atoms with van der Waals surface area (Å²) in [5.74, 6) is 0.329. The lowest BCUT2D eigenvalue weighted by molar-refractivity contribution is 0.184. The Bertz CT molecular complexity index is 1030. The van der Waals surface area contributed by atoms with Crippen LogP contribution in [0.4, 0.5) is 0 Å². The quantitative estimate of drug-likeness (QED) is 0.650. The van der Waals surface area contributed by atoms with Gasteiger partial charge in [0.25, 0.3) is 0 Å². The number of pyridine rings is 1. The SMILES string of the molecule is C=CC1NC2=C(C)/C(=C\CC)C(C)(C)c3c2c(cc2cccnc32)C1CCOC. The van der Waals surface area contributed by atoms with Crippen LogP contribution in [0.1, 0.15) is 63.1 Å². The van der Waals surface area contributed by atoms with Gasteiger partial charge in [0, 0.05) is 47.9 Å². The lowest BCUT2D eigenvalue weighted by atomic mass is 9.63. The van der Waals surface area contributed by atoms with Crippen molar-refractivity contribution >= 4 is 16.6 Å². The van der Waals surface area contributed by atoms with Crippen LogP contribution in [-0.4, -0.2) is 24.7 Å². The zero-order valence-corrected chi connectivity index (χ0v) is 18.3. The Hall–Kier alpha value is -2.39. The van der Waals surface area contributed by atoms with Crippen molar-refractivity contribution in [2.24, 2.45) is 0 Å². The van der Waals surface area contributed by atoms with Crippen LogP contribution in [0.5, 0.6) is 0 Å². The first-order chi connectivity index (χ1) is 14.0. The van der Waals surface area contributed by atoms with Crippen molar-refractivity contribution in [2.45, 2.75) is 57.9 Å². The first-order valence-corrected chi connectivity index (χ1v) is 10.7. The number of hydrogen-bond acceptors (Lipinski definition) is 3. The van der Waals surface area contributed by atoms with Gasteiger partial charge in [-0.3, -0.25) is 4.98 Å². The van der Waals surface area contributed by atoms with Gasteiger partial charge in [-0.1, -0.05) is 39.0 Å². The molecule has 1 N–H and O–H groups in total.